The van der Waals surface area contributed by atoms with Crippen molar-refractivity contribution < 1.29 is 9.59 Å². The maximum Gasteiger partial charge on any atom is 0.251 e. The van der Waals surface area contributed by atoms with Crippen LogP contribution in [0.3, 0.4) is 0 Å². The molecule has 0 aliphatic carbocycles. The summed E-state index contributed by atoms with van der Waals surface area (Å²) in [6.07, 6.45) is 1.64. The Morgan fingerprint density at radius 1 is 1.30 bits per heavy atom. The molecule has 0 spiro atoms. The molecule has 0 aromatic heterocycles. The number of halogens is 1. The zero-order valence-corrected chi connectivity index (χ0v) is 13.4. The fourth-order valence-electron chi connectivity index (χ4n) is 2.39. The van der Waals surface area contributed by atoms with Crippen molar-refractivity contribution >= 4 is 27.7 Å². The molecule has 0 unspecified atom stereocenters. The topological polar surface area (TPSA) is 49.4 Å². The van der Waals surface area contributed by atoms with Crippen LogP contribution in [-0.2, 0) is 4.79 Å². The van der Waals surface area contributed by atoms with E-state index in [1.54, 1.807) is 6.92 Å². The first-order valence-corrected chi connectivity index (χ1v) is 7.59. The van der Waals surface area contributed by atoms with Crippen LogP contribution in [0.2, 0.25) is 0 Å². The Kier molecular flexibility index (Phi) is 4.81. The highest BCUT2D eigenvalue weighted by Crippen LogP contribution is 2.18. The number of carbonyl (C=O) groups is 2. The van der Waals surface area contributed by atoms with Crippen LogP contribution in [0.15, 0.2) is 22.7 Å². The standard InChI is InChI=1S/C15H19BrN2O2/c1-10-9-12(3-4-14(10)16)15(20)17-13-5-7-18(8-6-13)11(2)19/h3-4,9,13H,5-8H2,1-2H3,(H,17,20). The fraction of sp³-hybridized carbons (Fsp3) is 0.467. The van der Waals surface area contributed by atoms with Gasteiger partial charge in [0, 0.05) is 36.1 Å². The first-order chi connectivity index (χ1) is 9.47. The molecule has 1 aromatic rings. The Balaban J connectivity index is 1.92. The molecule has 1 aliphatic heterocycles. The van der Waals surface area contributed by atoms with Crippen molar-refractivity contribution in [2.24, 2.45) is 0 Å². The second kappa shape index (κ2) is 6.39. The number of hydrogen-bond donors (Lipinski definition) is 1. The van der Waals surface area contributed by atoms with Crippen LogP contribution < -0.4 is 5.32 Å². The summed E-state index contributed by atoms with van der Waals surface area (Å²) in [7, 11) is 0. The van der Waals surface area contributed by atoms with E-state index in [0.717, 1.165) is 36.0 Å². The van der Waals surface area contributed by atoms with Gasteiger partial charge in [-0.05, 0) is 43.5 Å². The molecule has 1 aromatic carbocycles. The van der Waals surface area contributed by atoms with E-state index in [-0.39, 0.29) is 17.9 Å². The summed E-state index contributed by atoms with van der Waals surface area (Å²) in [5.41, 5.74) is 1.73. The number of benzene rings is 1. The predicted molar refractivity (Wildman–Crippen MR) is 81.6 cm³/mol. The summed E-state index contributed by atoms with van der Waals surface area (Å²) in [6.45, 7) is 5.00. The summed E-state index contributed by atoms with van der Waals surface area (Å²) in [4.78, 5) is 25.3. The van der Waals surface area contributed by atoms with E-state index in [0.29, 0.717) is 5.56 Å². The minimum Gasteiger partial charge on any atom is -0.349 e. The summed E-state index contributed by atoms with van der Waals surface area (Å²) in [6, 6.07) is 5.74. The second-order valence-electron chi connectivity index (χ2n) is 5.22. The fourth-order valence-corrected chi connectivity index (χ4v) is 2.64. The molecular weight excluding hydrogens is 320 g/mol. The van der Waals surface area contributed by atoms with Gasteiger partial charge in [0.15, 0.2) is 0 Å². The van der Waals surface area contributed by atoms with Crippen molar-refractivity contribution in [3.8, 4) is 0 Å². The zero-order chi connectivity index (χ0) is 14.7. The number of carbonyl (C=O) groups excluding carboxylic acids is 2. The van der Waals surface area contributed by atoms with Crippen LogP contribution in [0.1, 0.15) is 35.7 Å². The molecule has 1 fully saturated rings. The van der Waals surface area contributed by atoms with E-state index in [9.17, 15) is 9.59 Å². The van der Waals surface area contributed by atoms with Crippen molar-refractivity contribution in [3.63, 3.8) is 0 Å². The van der Waals surface area contributed by atoms with Gasteiger partial charge in [-0.1, -0.05) is 15.9 Å². The Morgan fingerprint density at radius 3 is 2.50 bits per heavy atom. The van der Waals surface area contributed by atoms with Crippen molar-refractivity contribution in [1.29, 1.82) is 0 Å². The third-order valence-corrected chi connectivity index (χ3v) is 4.59. The van der Waals surface area contributed by atoms with Gasteiger partial charge in [-0.15, -0.1) is 0 Å². The predicted octanol–water partition coefficient (Wildman–Crippen LogP) is 2.50. The molecule has 4 nitrogen and oxygen atoms in total. The lowest BCUT2D eigenvalue weighted by molar-refractivity contribution is -0.129. The molecule has 1 aliphatic rings. The smallest absolute Gasteiger partial charge is 0.251 e. The van der Waals surface area contributed by atoms with Crippen LogP contribution in [0, 0.1) is 6.92 Å². The van der Waals surface area contributed by atoms with E-state index in [4.69, 9.17) is 0 Å². The van der Waals surface area contributed by atoms with E-state index in [1.165, 1.54) is 0 Å². The number of piperidine rings is 1. The molecule has 1 saturated heterocycles. The van der Waals surface area contributed by atoms with Gasteiger partial charge in [-0.25, -0.2) is 0 Å². The van der Waals surface area contributed by atoms with Gasteiger partial charge in [-0.2, -0.15) is 0 Å². The van der Waals surface area contributed by atoms with E-state index < -0.39 is 0 Å². The van der Waals surface area contributed by atoms with Crippen LogP contribution in [0.25, 0.3) is 0 Å². The number of hydrogen-bond acceptors (Lipinski definition) is 2. The number of rotatable bonds is 2. The lowest BCUT2D eigenvalue weighted by Gasteiger charge is -2.31. The molecule has 0 atom stereocenters. The highest BCUT2D eigenvalue weighted by atomic mass is 79.9. The van der Waals surface area contributed by atoms with Crippen LogP contribution in [0.5, 0.6) is 0 Å². The number of likely N-dealkylation sites (tertiary alicyclic amines) is 1. The monoisotopic (exact) mass is 338 g/mol. The molecule has 5 heteroatoms. The maximum atomic E-state index is 12.2. The minimum absolute atomic E-state index is 0.0399. The van der Waals surface area contributed by atoms with Gasteiger partial charge in [0.2, 0.25) is 5.91 Å². The van der Waals surface area contributed by atoms with Gasteiger partial charge in [0.1, 0.15) is 0 Å². The normalized spacial score (nSPS) is 16.1. The van der Waals surface area contributed by atoms with Crippen molar-refractivity contribution in [1.82, 2.24) is 10.2 Å². The highest BCUT2D eigenvalue weighted by Gasteiger charge is 2.22. The summed E-state index contributed by atoms with van der Waals surface area (Å²) < 4.78 is 1.00. The molecule has 1 N–H and O–H groups in total. The SMILES string of the molecule is CC(=O)N1CCC(NC(=O)c2ccc(Br)c(C)c2)CC1. The first kappa shape index (κ1) is 15.0. The van der Waals surface area contributed by atoms with Gasteiger partial charge >= 0.3 is 0 Å². The Hall–Kier alpha value is -1.36. The Labute approximate surface area is 127 Å². The molecule has 108 valence electrons. The minimum atomic E-state index is -0.0399. The van der Waals surface area contributed by atoms with Crippen LogP contribution in [0.4, 0.5) is 0 Å². The Bertz CT molecular complexity index is 523. The average Bonchev–Trinajstić information content (AvgIpc) is 2.42. The van der Waals surface area contributed by atoms with Gasteiger partial charge < -0.3 is 10.2 Å². The van der Waals surface area contributed by atoms with E-state index in [2.05, 4.69) is 21.2 Å². The lowest BCUT2D eigenvalue weighted by Crippen LogP contribution is -2.46. The molecule has 0 saturated carbocycles. The van der Waals surface area contributed by atoms with Gasteiger partial charge in [0.05, 0.1) is 0 Å². The van der Waals surface area contributed by atoms with E-state index >= 15 is 0 Å². The maximum absolute atomic E-state index is 12.2. The van der Waals surface area contributed by atoms with Crippen molar-refractivity contribution in [2.45, 2.75) is 32.7 Å². The molecule has 2 rings (SSSR count). The van der Waals surface area contributed by atoms with Crippen LogP contribution >= 0.6 is 15.9 Å². The highest BCUT2D eigenvalue weighted by molar-refractivity contribution is 9.10. The molecule has 0 radical (unpaired) electrons. The Morgan fingerprint density at radius 2 is 1.95 bits per heavy atom. The third kappa shape index (κ3) is 3.60. The average molecular weight is 339 g/mol. The molecule has 20 heavy (non-hydrogen) atoms. The molecule has 0 bridgehead atoms. The van der Waals surface area contributed by atoms with Crippen LogP contribution in [-0.4, -0.2) is 35.8 Å². The number of nitrogens with zero attached hydrogens (tertiary/aromatic N) is 1. The lowest BCUT2D eigenvalue weighted by atomic mass is 10.0. The van der Waals surface area contributed by atoms with Crippen molar-refractivity contribution in [2.75, 3.05) is 13.1 Å². The second-order valence-corrected chi connectivity index (χ2v) is 6.07. The summed E-state index contributed by atoms with van der Waals surface area (Å²) >= 11 is 3.43. The first-order valence-electron chi connectivity index (χ1n) is 6.80. The zero-order valence-electron chi connectivity index (χ0n) is 11.8. The van der Waals surface area contributed by atoms with E-state index in [1.807, 2.05) is 30.0 Å². The summed E-state index contributed by atoms with van der Waals surface area (Å²) in [5, 5.41) is 3.05. The van der Waals surface area contributed by atoms with Crippen molar-refractivity contribution in [3.05, 3.63) is 33.8 Å². The molecule has 2 amide bonds. The van der Waals surface area contributed by atoms with Gasteiger partial charge in [-0.3, -0.25) is 9.59 Å². The number of aryl methyl sites for hydroxylation is 1. The number of amides is 2. The summed E-state index contributed by atoms with van der Waals surface area (Å²) in [5.74, 6) is 0.0696. The largest absolute Gasteiger partial charge is 0.349 e. The molecular formula is C15H19BrN2O2. The van der Waals surface area contributed by atoms with Gasteiger partial charge in [0.25, 0.3) is 5.91 Å². The quantitative estimate of drug-likeness (QED) is 0.900. The number of nitrogens with one attached hydrogen (secondary N) is 1. The third-order valence-electron chi connectivity index (χ3n) is 3.70. The molecule has 1 heterocycles.